The molecule has 2 aromatic rings. The van der Waals surface area contributed by atoms with E-state index in [2.05, 4.69) is 34.0 Å². The highest BCUT2D eigenvalue weighted by Gasteiger charge is 2.22. The molecule has 1 aromatic carbocycles. The minimum absolute atomic E-state index is 0.241. The van der Waals surface area contributed by atoms with Gasteiger partial charge in [-0.25, -0.2) is 4.84 Å². The maximum absolute atomic E-state index is 10.6. The van der Waals surface area contributed by atoms with Crippen LogP contribution in [0.15, 0.2) is 36.4 Å². The SMILES string of the molecule is O=[N+]([O-])O[C@H](CON(O)O)CN1CC=C(c2cc3ccccc3s2)CC1. The van der Waals surface area contributed by atoms with Gasteiger partial charge in [-0.05, 0) is 29.5 Å². The molecule has 0 fully saturated rings. The molecule has 0 bridgehead atoms. The first-order chi connectivity index (χ1) is 12.5. The summed E-state index contributed by atoms with van der Waals surface area (Å²) in [6.07, 6.45) is 2.01. The maximum atomic E-state index is 10.6. The van der Waals surface area contributed by atoms with Crippen molar-refractivity contribution in [2.24, 2.45) is 0 Å². The summed E-state index contributed by atoms with van der Waals surface area (Å²) in [4.78, 5) is 22.8. The molecular weight excluding hydrogens is 362 g/mol. The molecule has 0 saturated heterocycles. The Morgan fingerprint density at radius 1 is 1.38 bits per heavy atom. The zero-order valence-corrected chi connectivity index (χ0v) is 14.7. The van der Waals surface area contributed by atoms with E-state index in [1.807, 2.05) is 17.0 Å². The van der Waals surface area contributed by atoms with Gasteiger partial charge in [-0.3, -0.25) is 15.3 Å². The molecule has 0 spiro atoms. The van der Waals surface area contributed by atoms with E-state index in [0.29, 0.717) is 6.54 Å². The molecule has 0 unspecified atom stereocenters. The Kier molecular flexibility index (Phi) is 6.14. The molecule has 0 amide bonds. The second-order valence-electron chi connectivity index (χ2n) is 5.89. The van der Waals surface area contributed by atoms with E-state index in [9.17, 15) is 10.1 Å². The summed E-state index contributed by atoms with van der Waals surface area (Å²) in [6, 6.07) is 10.4. The third kappa shape index (κ3) is 4.97. The van der Waals surface area contributed by atoms with Crippen molar-refractivity contribution in [2.75, 3.05) is 26.2 Å². The van der Waals surface area contributed by atoms with Crippen LogP contribution >= 0.6 is 11.3 Å². The first-order valence-electron chi connectivity index (χ1n) is 8.03. The fourth-order valence-corrected chi connectivity index (χ4v) is 4.05. The van der Waals surface area contributed by atoms with Gasteiger partial charge >= 0.3 is 0 Å². The average molecular weight is 381 g/mol. The van der Waals surface area contributed by atoms with E-state index in [1.165, 1.54) is 20.5 Å². The molecule has 10 heteroatoms. The van der Waals surface area contributed by atoms with E-state index < -0.39 is 16.6 Å². The summed E-state index contributed by atoms with van der Waals surface area (Å²) in [5, 5.41) is 27.6. The zero-order chi connectivity index (χ0) is 18.5. The van der Waals surface area contributed by atoms with Gasteiger partial charge in [0, 0.05) is 29.2 Å². The van der Waals surface area contributed by atoms with Gasteiger partial charge in [0.1, 0.15) is 12.7 Å². The van der Waals surface area contributed by atoms with E-state index in [-0.39, 0.29) is 13.2 Å². The molecule has 26 heavy (non-hydrogen) atoms. The highest BCUT2D eigenvalue weighted by atomic mass is 32.1. The van der Waals surface area contributed by atoms with E-state index in [1.54, 1.807) is 11.3 Å². The van der Waals surface area contributed by atoms with E-state index >= 15 is 0 Å². The monoisotopic (exact) mass is 381 g/mol. The number of fused-ring (bicyclic) bond motifs is 1. The zero-order valence-electron chi connectivity index (χ0n) is 13.9. The standard InChI is InChI=1S/C16H19N3O6S/c20-18(21)24-11-14(25-19(22)23)10-17-7-5-12(6-8-17)16-9-13-3-1-2-4-15(13)26-16/h1-5,9,14,20-21H,6-8,10-11H2/t14-/m0/s1. The van der Waals surface area contributed by atoms with Gasteiger partial charge < -0.3 is 4.84 Å². The Labute approximate surface area is 153 Å². The third-order valence-electron chi connectivity index (χ3n) is 4.11. The van der Waals surface area contributed by atoms with Crippen molar-refractivity contribution >= 4 is 27.0 Å². The Morgan fingerprint density at radius 2 is 2.19 bits per heavy atom. The van der Waals surface area contributed by atoms with Crippen molar-refractivity contribution in [3.63, 3.8) is 0 Å². The molecule has 1 aliphatic heterocycles. The normalized spacial score (nSPS) is 16.7. The van der Waals surface area contributed by atoms with Gasteiger partial charge in [0.2, 0.25) is 0 Å². The smallest absolute Gasteiger partial charge is 0.294 e. The van der Waals surface area contributed by atoms with Crippen LogP contribution in [0.4, 0.5) is 0 Å². The summed E-state index contributed by atoms with van der Waals surface area (Å²) in [6.45, 7) is 1.24. The lowest BCUT2D eigenvalue weighted by Gasteiger charge is -2.28. The van der Waals surface area contributed by atoms with E-state index in [0.717, 1.165) is 13.0 Å². The molecule has 3 rings (SSSR count). The number of hydrogen-bond donors (Lipinski definition) is 2. The quantitative estimate of drug-likeness (QED) is 0.530. The lowest BCUT2D eigenvalue weighted by atomic mass is 10.1. The molecule has 0 aliphatic carbocycles. The van der Waals surface area contributed by atoms with Crippen LogP contribution in [-0.2, 0) is 9.68 Å². The Bertz CT molecular complexity index is 760. The summed E-state index contributed by atoms with van der Waals surface area (Å²) in [7, 11) is 0. The fourth-order valence-electron chi connectivity index (χ4n) is 2.92. The predicted octanol–water partition coefficient (Wildman–Crippen LogP) is 2.58. The fraction of sp³-hybridized carbons (Fsp3) is 0.375. The molecule has 9 nitrogen and oxygen atoms in total. The lowest BCUT2D eigenvalue weighted by Crippen LogP contribution is -2.40. The minimum Gasteiger partial charge on any atom is -0.307 e. The third-order valence-corrected chi connectivity index (χ3v) is 5.30. The molecule has 1 atom stereocenters. The highest BCUT2D eigenvalue weighted by molar-refractivity contribution is 7.20. The molecule has 1 aliphatic rings. The number of rotatable bonds is 8. The van der Waals surface area contributed by atoms with Crippen molar-refractivity contribution in [3.05, 3.63) is 51.4 Å². The van der Waals surface area contributed by atoms with Gasteiger partial charge in [-0.15, -0.1) is 21.5 Å². The lowest BCUT2D eigenvalue weighted by molar-refractivity contribution is -0.770. The molecule has 0 saturated carbocycles. The van der Waals surface area contributed by atoms with Crippen LogP contribution in [0.25, 0.3) is 15.7 Å². The number of nitrogens with zero attached hydrogens (tertiary/aromatic N) is 3. The van der Waals surface area contributed by atoms with Gasteiger partial charge in [0.05, 0.1) is 5.39 Å². The second-order valence-corrected chi connectivity index (χ2v) is 6.97. The van der Waals surface area contributed by atoms with Crippen molar-refractivity contribution in [1.82, 2.24) is 10.3 Å². The molecule has 2 N–H and O–H groups in total. The van der Waals surface area contributed by atoms with Crippen LogP contribution in [0.2, 0.25) is 0 Å². The molecule has 1 aromatic heterocycles. The van der Waals surface area contributed by atoms with Crippen LogP contribution in [0, 0.1) is 10.1 Å². The summed E-state index contributed by atoms with van der Waals surface area (Å²) < 4.78 is 1.25. The Balaban J connectivity index is 1.61. The first-order valence-corrected chi connectivity index (χ1v) is 8.85. The number of thiophene rings is 1. The van der Waals surface area contributed by atoms with Crippen LogP contribution in [-0.4, -0.2) is 58.1 Å². The summed E-state index contributed by atoms with van der Waals surface area (Å²) in [5.74, 6) is 0. The van der Waals surface area contributed by atoms with Gasteiger partial charge in [0.15, 0.2) is 0 Å². The average Bonchev–Trinajstić information content (AvgIpc) is 3.04. The molecule has 140 valence electrons. The van der Waals surface area contributed by atoms with E-state index in [4.69, 9.17) is 10.4 Å². The number of hydrogen-bond acceptors (Lipinski definition) is 9. The molecular formula is C16H19N3O6S. The maximum Gasteiger partial charge on any atom is 0.294 e. The van der Waals surface area contributed by atoms with Crippen LogP contribution < -0.4 is 0 Å². The second kappa shape index (κ2) is 8.54. The van der Waals surface area contributed by atoms with Crippen molar-refractivity contribution < 1.29 is 25.2 Å². The number of benzene rings is 1. The van der Waals surface area contributed by atoms with Crippen molar-refractivity contribution in [2.45, 2.75) is 12.5 Å². The summed E-state index contributed by atoms with van der Waals surface area (Å²) in [5.41, 5.74) is 1.27. The van der Waals surface area contributed by atoms with Crippen molar-refractivity contribution in [1.29, 1.82) is 0 Å². The first kappa shape index (κ1) is 18.7. The van der Waals surface area contributed by atoms with Gasteiger partial charge in [-0.2, -0.15) is 0 Å². The van der Waals surface area contributed by atoms with Gasteiger partial charge in [-0.1, -0.05) is 24.3 Å². The van der Waals surface area contributed by atoms with Crippen LogP contribution in [0.5, 0.6) is 0 Å². The predicted molar refractivity (Wildman–Crippen MR) is 94.1 cm³/mol. The van der Waals surface area contributed by atoms with Crippen molar-refractivity contribution in [3.8, 4) is 0 Å². The summed E-state index contributed by atoms with van der Waals surface area (Å²) >= 11 is 1.76. The van der Waals surface area contributed by atoms with Crippen LogP contribution in [0.1, 0.15) is 11.3 Å². The Morgan fingerprint density at radius 3 is 2.85 bits per heavy atom. The topological polar surface area (TPSA) is 109 Å². The highest BCUT2D eigenvalue weighted by Crippen LogP contribution is 2.33. The van der Waals surface area contributed by atoms with Gasteiger partial charge in [0.25, 0.3) is 5.09 Å². The largest absolute Gasteiger partial charge is 0.307 e. The Hall–Kier alpha value is -2.08. The molecule has 0 radical (unpaired) electrons. The molecule has 2 heterocycles. The van der Waals surface area contributed by atoms with Crippen LogP contribution in [0.3, 0.4) is 0 Å². The minimum atomic E-state index is -0.925.